The number of aryl methyl sites for hydroxylation is 1. The number of nitrogens with zero attached hydrogens (tertiary/aromatic N) is 2. The topological polar surface area (TPSA) is 56.1 Å². The molecule has 0 unspecified atom stereocenters. The number of anilines is 1. The quantitative estimate of drug-likeness (QED) is 0.397. The van der Waals surface area contributed by atoms with Crippen LogP contribution in [0.15, 0.2) is 78.9 Å². The van der Waals surface area contributed by atoms with E-state index < -0.39 is 23.2 Å². The Morgan fingerprint density at radius 3 is 2.33 bits per heavy atom. The number of rotatable bonds is 5. The third-order valence-electron chi connectivity index (χ3n) is 5.09. The molecule has 0 aliphatic rings. The van der Waals surface area contributed by atoms with Crippen molar-refractivity contribution in [3.8, 4) is 22.7 Å². The second-order valence-corrected chi connectivity index (χ2v) is 7.36. The van der Waals surface area contributed by atoms with Crippen LogP contribution in [0.1, 0.15) is 21.5 Å². The first-order valence-corrected chi connectivity index (χ1v) is 10.1. The van der Waals surface area contributed by atoms with Crippen LogP contribution in [0.5, 0.6) is 5.75 Å². The van der Waals surface area contributed by atoms with Gasteiger partial charge < -0.3 is 10.1 Å². The van der Waals surface area contributed by atoms with Crippen molar-refractivity contribution in [2.45, 2.75) is 13.1 Å². The Hall–Kier alpha value is -4.07. The number of ether oxygens (including phenoxy) is 1. The van der Waals surface area contributed by atoms with Crippen LogP contribution in [0.2, 0.25) is 0 Å². The minimum atomic E-state index is -4.66. The van der Waals surface area contributed by atoms with Crippen LogP contribution in [0.4, 0.5) is 19.0 Å². The van der Waals surface area contributed by atoms with Gasteiger partial charge in [0.05, 0.1) is 29.6 Å². The van der Waals surface area contributed by atoms with Crippen molar-refractivity contribution >= 4 is 11.7 Å². The molecular weight excluding hydrogens is 431 g/mol. The van der Waals surface area contributed by atoms with Crippen LogP contribution in [0.25, 0.3) is 16.9 Å². The summed E-state index contributed by atoms with van der Waals surface area (Å²) in [5.74, 6) is -0.0872. The van der Waals surface area contributed by atoms with Crippen LogP contribution in [0, 0.1) is 6.92 Å². The van der Waals surface area contributed by atoms with Crippen LogP contribution in [-0.2, 0) is 6.18 Å². The maximum Gasteiger partial charge on any atom is 0.417 e. The summed E-state index contributed by atoms with van der Waals surface area (Å²) in [5.41, 5.74) is 1.36. The summed E-state index contributed by atoms with van der Waals surface area (Å²) in [4.78, 5) is 12.9. The SMILES string of the molecule is COc1ccccc1-c1cc(NC(=O)c2ccccc2C(F)(F)F)n(-c2ccc(C)cc2)n1. The van der Waals surface area contributed by atoms with Gasteiger partial charge in [0, 0.05) is 11.6 Å². The van der Waals surface area contributed by atoms with Crippen LogP contribution in [-0.4, -0.2) is 22.8 Å². The van der Waals surface area contributed by atoms with E-state index in [1.807, 2.05) is 49.4 Å². The Kier molecular flexibility index (Phi) is 5.91. The number of nitrogens with one attached hydrogen (secondary N) is 1. The molecule has 0 saturated carbocycles. The zero-order chi connectivity index (χ0) is 23.6. The van der Waals surface area contributed by atoms with Gasteiger partial charge in [0.15, 0.2) is 0 Å². The molecule has 168 valence electrons. The summed E-state index contributed by atoms with van der Waals surface area (Å²) in [6.07, 6.45) is -4.66. The number of benzene rings is 3. The molecule has 0 aliphatic heterocycles. The number of para-hydroxylation sites is 1. The molecule has 0 atom stereocenters. The van der Waals surface area contributed by atoms with Crippen LogP contribution in [0.3, 0.4) is 0 Å². The molecule has 0 aliphatic carbocycles. The fourth-order valence-electron chi connectivity index (χ4n) is 3.45. The van der Waals surface area contributed by atoms with E-state index in [9.17, 15) is 18.0 Å². The molecule has 8 heteroatoms. The van der Waals surface area contributed by atoms with Crippen molar-refractivity contribution in [3.05, 3.63) is 95.6 Å². The Balaban J connectivity index is 1.80. The Morgan fingerprint density at radius 1 is 0.970 bits per heavy atom. The zero-order valence-corrected chi connectivity index (χ0v) is 17.9. The molecule has 1 aromatic heterocycles. The fraction of sp³-hybridized carbons (Fsp3) is 0.120. The molecule has 0 saturated heterocycles. The van der Waals surface area contributed by atoms with Gasteiger partial charge in [0.25, 0.3) is 5.91 Å². The van der Waals surface area contributed by atoms with E-state index in [-0.39, 0.29) is 5.82 Å². The lowest BCUT2D eigenvalue weighted by Crippen LogP contribution is -2.20. The average molecular weight is 451 g/mol. The fourth-order valence-corrected chi connectivity index (χ4v) is 3.45. The van der Waals surface area contributed by atoms with Gasteiger partial charge in [-0.2, -0.15) is 18.3 Å². The maximum atomic E-state index is 13.4. The van der Waals surface area contributed by atoms with Gasteiger partial charge in [0.1, 0.15) is 11.6 Å². The number of hydrogen-bond donors (Lipinski definition) is 1. The molecule has 4 aromatic rings. The monoisotopic (exact) mass is 451 g/mol. The lowest BCUT2D eigenvalue weighted by Gasteiger charge is -2.13. The first-order valence-electron chi connectivity index (χ1n) is 10.1. The molecule has 0 spiro atoms. The molecule has 4 rings (SSSR count). The summed E-state index contributed by atoms with van der Waals surface area (Å²) in [7, 11) is 1.53. The first-order chi connectivity index (χ1) is 15.8. The summed E-state index contributed by atoms with van der Waals surface area (Å²) in [6.45, 7) is 1.93. The Morgan fingerprint density at radius 2 is 1.64 bits per heavy atom. The van der Waals surface area contributed by atoms with Gasteiger partial charge >= 0.3 is 6.18 Å². The van der Waals surface area contributed by atoms with E-state index in [2.05, 4.69) is 10.4 Å². The molecule has 1 heterocycles. The van der Waals surface area contributed by atoms with Crippen molar-refractivity contribution in [1.29, 1.82) is 0 Å². The number of alkyl halides is 3. The number of halogens is 3. The maximum absolute atomic E-state index is 13.4. The van der Waals surface area contributed by atoms with E-state index in [4.69, 9.17) is 4.74 Å². The largest absolute Gasteiger partial charge is 0.496 e. The molecule has 0 fully saturated rings. The van der Waals surface area contributed by atoms with E-state index in [0.29, 0.717) is 22.7 Å². The van der Waals surface area contributed by atoms with Crippen LogP contribution >= 0.6 is 0 Å². The number of aromatic nitrogens is 2. The second-order valence-electron chi connectivity index (χ2n) is 7.36. The predicted molar refractivity (Wildman–Crippen MR) is 120 cm³/mol. The third-order valence-corrected chi connectivity index (χ3v) is 5.09. The second kappa shape index (κ2) is 8.82. The van der Waals surface area contributed by atoms with Crippen molar-refractivity contribution in [2.24, 2.45) is 0 Å². The first kappa shape index (κ1) is 22.1. The van der Waals surface area contributed by atoms with Crippen molar-refractivity contribution in [2.75, 3.05) is 12.4 Å². The van der Waals surface area contributed by atoms with E-state index in [1.54, 1.807) is 12.1 Å². The highest BCUT2D eigenvalue weighted by Gasteiger charge is 2.35. The summed E-state index contributed by atoms with van der Waals surface area (Å²) >= 11 is 0. The summed E-state index contributed by atoms with van der Waals surface area (Å²) in [6, 6.07) is 20.9. The van der Waals surface area contributed by atoms with Gasteiger partial charge in [0.2, 0.25) is 0 Å². The van der Waals surface area contributed by atoms with Crippen LogP contribution < -0.4 is 10.1 Å². The van der Waals surface area contributed by atoms with Crippen molar-refractivity contribution in [1.82, 2.24) is 9.78 Å². The Bertz CT molecular complexity index is 1300. The number of methoxy groups -OCH3 is 1. The number of amides is 1. The third kappa shape index (κ3) is 4.59. The molecule has 33 heavy (non-hydrogen) atoms. The molecule has 0 bridgehead atoms. The normalized spacial score (nSPS) is 11.3. The zero-order valence-electron chi connectivity index (χ0n) is 17.9. The molecule has 0 radical (unpaired) electrons. The van der Waals surface area contributed by atoms with Gasteiger partial charge in [-0.15, -0.1) is 0 Å². The molecular formula is C25H20F3N3O2. The minimum absolute atomic E-state index is 0.224. The lowest BCUT2D eigenvalue weighted by molar-refractivity contribution is -0.137. The minimum Gasteiger partial charge on any atom is -0.496 e. The number of carbonyl (C=O) groups is 1. The summed E-state index contributed by atoms with van der Waals surface area (Å²) < 4.78 is 47.2. The van der Waals surface area contributed by atoms with Gasteiger partial charge in [-0.3, -0.25) is 4.79 Å². The molecule has 5 nitrogen and oxygen atoms in total. The van der Waals surface area contributed by atoms with Crippen molar-refractivity contribution in [3.63, 3.8) is 0 Å². The van der Waals surface area contributed by atoms with Gasteiger partial charge in [-0.05, 0) is 43.3 Å². The smallest absolute Gasteiger partial charge is 0.417 e. The molecule has 1 amide bonds. The van der Waals surface area contributed by atoms with Gasteiger partial charge in [-0.1, -0.05) is 42.0 Å². The highest BCUT2D eigenvalue weighted by molar-refractivity contribution is 6.05. The molecule has 1 N–H and O–H groups in total. The predicted octanol–water partition coefficient (Wildman–Crippen LogP) is 6.13. The van der Waals surface area contributed by atoms with Crippen molar-refractivity contribution < 1.29 is 22.7 Å². The highest BCUT2D eigenvalue weighted by atomic mass is 19.4. The Labute approximate surface area is 188 Å². The van der Waals surface area contributed by atoms with Gasteiger partial charge in [-0.25, -0.2) is 4.68 Å². The standard InChI is InChI=1S/C25H20F3N3O2/c1-16-11-13-17(14-12-16)31-23(15-21(30-31)19-8-4-6-10-22(19)33-2)29-24(32)18-7-3-5-9-20(18)25(26,27)28/h3-15H,1-2H3,(H,29,32). The van der Waals surface area contributed by atoms with E-state index in [1.165, 1.54) is 23.9 Å². The highest BCUT2D eigenvalue weighted by Crippen LogP contribution is 2.34. The average Bonchev–Trinajstić information content (AvgIpc) is 3.22. The molecule has 3 aromatic carbocycles. The van der Waals surface area contributed by atoms with E-state index >= 15 is 0 Å². The number of carbonyl (C=O) groups excluding carboxylic acids is 1. The lowest BCUT2D eigenvalue weighted by atomic mass is 10.1. The number of hydrogen-bond acceptors (Lipinski definition) is 3. The summed E-state index contributed by atoms with van der Waals surface area (Å²) in [5, 5.41) is 7.21. The van der Waals surface area contributed by atoms with E-state index in [0.717, 1.165) is 17.7 Å².